The van der Waals surface area contributed by atoms with Crippen LogP contribution in [0, 0.1) is 5.82 Å². The number of aromatic nitrogens is 1. The molecule has 0 amide bonds. The Balaban J connectivity index is 1.30. The smallest absolute Gasteiger partial charge is 0.339 e. The van der Waals surface area contributed by atoms with Gasteiger partial charge in [0.2, 0.25) is 0 Å². The van der Waals surface area contributed by atoms with Crippen LogP contribution in [-0.4, -0.2) is 47.2 Å². The summed E-state index contributed by atoms with van der Waals surface area (Å²) in [5, 5.41) is 10.3. The van der Waals surface area contributed by atoms with Crippen molar-refractivity contribution in [2.75, 3.05) is 26.2 Å². The van der Waals surface area contributed by atoms with Gasteiger partial charge in [-0.1, -0.05) is 12.1 Å². The van der Waals surface area contributed by atoms with Crippen LogP contribution in [0.5, 0.6) is 5.75 Å². The predicted molar refractivity (Wildman–Crippen MR) is 106 cm³/mol. The molecule has 0 bridgehead atoms. The van der Waals surface area contributed by atoms with Crippen LogP contribution in [0.1, 0.15) is 34.7 Å². The van der Waals surface area contributed by atoms with Crippen LogP contribution in [0.3, 0.4) is 0 Å². The summed E-state index contributed by atoms with van der Waals surface area (Å²) in [6.07, 6.45) is 4.09. The summed E-state index contributed by atoms with van der Waals surface area (Å²) in [7, 11) is 0. The molecule has 2 aromatic carbocycles. The maximum absolute atomic E-state index is 13.4. The van der Waals surface area contributed by atoms with E-state index in [1.807, 2.05) is 12.3 Å². The van der Waals surface area contributed by atoms with Crippen molar-refractivity contribution in [2.24, 2.45) is 0 Å². The van der Waals surface area contributed by atoms with Gasteiger partial charge in [-0.15, -0.1) is 0 Å². The molecule has 0 atom stereocenters. The molecule has 1 aliphatic heterocycles. The highest BCUT2D eigenvalue weighted by atomic mass is 19.1. The van der Waals surface area contributed by atoms with E-state index >= 15 is 0 Å². The van der Waals surface area contributed by atoms with Crippen LogP contribution in [0.15, 0.2) is 48.7 Å². The van der Waals surface area contributed by atoms with Crippen molar-refractivity contribution >= 4 is 16.9 Å². The fourth-order valence-electron chi connectivity index (χ4n) is 3.98. The van der Waals surface area contributed by atoms with Gasteiger partial charge in [-0.2, -0.15) is 0 Å². The van der Waals surface area contributed by atoms with Gasteiger partial charge in [0.15, 0.2) is 0 Å². The molecule has 0 aliphatic carbocycles. The number of piperidine rings is 1. The number of halogens is 1. The number of aromatic carboxylic acids is 1. The fraction of sp³-hybridized carbons (Fsp3) is 0.318. The van der Waals surface area contributed by atoms with E-state index in [-0.39, 0.29) is 11.4 Å². The Morgan fingerprint density at radius 1 is 1.21 bits per heavy atom. The highest BCUT2D eigenvalue weighted by molar-refractivity contribution is 5.90. The van der Waals surface area contributed by atoms with Gasteiger partial charge in [-0.25, -0.2) is 9.18 Å². The molecular weight excluding hydrogens is 359 g/mol. The molecule has 3 aromatic rings. The summed E-state index contributed by atoms with van der Waals surface area (Å²) in [5.41, 5.74) is 2.31. The van der Waals surface area contributed by atoms with E-state index in [4.69, 9.17) is 4.74 Å². The number of ether oxygens (including phenoxy) is 1. The number of hydrogen-bond donors (Lipinski definition) is 2. The number of nitrogens with one attached hydrogen (secondary N) is 1. The summed E-state index contributed by atoms with van der Waals surface area (Å²) in [6, 6.07) is 11.6. The lowest BCUT2D eigenvalue weighted by molar-refractivity contribution is 0.0691. The second-order valence-corrected chi connectivity index (χ2v) is 7.20. The highest BCUT2D eigenvalue weighted by Crippen LogP contribution is 2.33. The van der Waals surface area contributed by atoms with Gasteiger partial charge in [0.05, 0.1) is 0 Å². The van der Waals surface area contributed by atoms with Crippen molar-refractivity contribution in [3.8, 4) is 5.75 Å². The van der Waals surface area contributed by atoms with Gasteiger partial charge in [-0.05, 0) is 67.7 Å². The average molecular weight is 382 g/mol. The average Bonchev–Trinajstić information content (AvgIpc) is 3.12. The number of aromatic amines is 1. The number of nitrogens with zero attached hydrogens (tertiary/aromatic N) is 1. The van der Waals surface area contributed by atoms with Gasteiger partial charge in [-0.3, -0.25) is 4.90 Å². The highest BCUT2D eigenvalue weighted by Gasteiger charge is 2.23. The van der Waals surface area contributed by atoms with Crippen LogP contribution in [-0.2, 0) is 0 Å². The van der Waals surface area contributed by atoms with Crippen LogP contribution in [0.4, 0.5) is 4.39 Å². The van der Waals surface area contributed by atoms with Crippen molar-refractivity contribution in [3.05, 3.63) is 65.6 Å². The third-order valence-corrected chi connectivity index (χ3v) is 5.49. The second-order valence-electron chi connectivity index (χ2n) is 7.20. The lowest BCUT2D eigenvalue weighted by Gasteiger charge is -2.31. The quantitative estimate of drug-likeness (QED) is 0.668. The van der Waals surface area contributed by atoms with Crippen LogP contribution < -0.4 is 4.74 Å². The summed E-state index contributed by atoms with van der Waals surface area (Å²) >= 11 is 0. The number of carboxylic acid groups (broad SMARTS) is 1. The molecule has 0 radical (unpaired) electrons. The summed E-state index contributed by atoms with van der Waals surface area (Å²) < 4.78 is 19.1. The normalized spacial score (nSPS) is 15.8. The first kappa shape index (κ1) is 18.5. The first-order valence-electron chi connectivity index (χ1n) is 9.56. The predicted octanol–water partition coefficient (Wildman–Crippen LogP) is 4.26. The third kappa shape index (κ3) is 3.87. The third-order valence-electron chi connectivity index (χ3n) is 5.49. The molecule has 5 nitrogen and oxygen atoms in total. The molecule has 1 fully saturated rings. The number of carbonyl (C=O) groups is 1. The Morgan fingerprint density at radius 3 is 2.79 bits per heavy atom. The number of H-pyrrole nitrogens is 1. The molecule has 2 N–H and O–H groups in total. The Bertz CT molecular complexity index is 977. The maximum atomic E-state index is 13.4. The largest absolute Gasteiger partial charge is 0.491 e. The standard InChI is InChI=1S/C22H23FN2O3/c23-16-5-6-17-19(14-24-20(17)13-16)15-7-9-25(10-8-15)11-12-28-21-4-2-1-3-18(21)22(26)27/h1-6,13-15,24H,7-12H2,(H,26,27). The van der Waals surface area contributed by atoms with E-state index in [9.17, 15) is 14.3 Å². The minimum atomic E-state index is -0.977. The van der Waals surface area contributed by atoms with Gasteiger partial charge in [0, 0.05) is 23.6 Å². The molecule has 0 unspecified atom stereocenters. The van der Waals surface area contributed by atoms with Gasteiger partial charge in [0.25, 0.3) is 0 Å². The van der Waals surface area contributed by atoms with Crippen molar-refractivity contribution in [3.63, 3.8) is 0 Å². The Hall–Kier alpha value is -2.86. The summed E-state index contributed by atoms with van der Waals surface area (Å²) in [5.74, 6) is -0.324. The monoisotopic (exact) mass is 382 g/mol. The number of para-hydroxylation sites is 1. The Morgan fingerprint density at radius 2 is 2.00 bits per heavy atom. The molecule has 1 aromatic heterocycles. The Kier molecular flexibility index (Phi) is 5.30. The first-order valence-corrected chi connectivity index (χ1v) is 9.56. The lowest BCUT2D eigenvalue weighted by Crippen LogP contribution is -2.35. The molecule has 0 saturated carbocycles. The first-order chi connectivity index (χ1) is 13.6. The molecule has 0 spiro atoms. The number of likely N-dealkylation sites (tertiary alicyclic amines) is 1. The van der Waals surface area contributed by atoms with Gasteiger partial charge < -0.3 is 14.8 Å². The molecule has 28 heavy (non-hydrogen) atoms. The van der Waals surface area contributed by atoms with E-state index in [0.29, 0.717) is 18.3 Å². The zero-order valence-corrected chi connectivity index (χ0v) is 15.5. The summed E-state index contributed by atoms with van der Waals surface area (Å²) in [6.45, 7) is 3.14. The van der Waals surface area contributed by atoms with E-state index in [1.165, 1.54) is 11.6 Å². The molecule has 6 heteroatoms. The lowest BCUT2D eigenvalue weighted by atomic mass is 9.89. The zero-order chi connectivity index (χ0) is 19.5. The van der Waals surface area contributed by atoms with Crippen molar-refractivity contribution in [1.82, 2.24) is 9.88 Å². The number of carboxylic acids is 1. The SMILES string of the molecule is O=C(O)c1ccccc1OCCN1CCC(c2c[nH]c3cc(F)ccc23)CC1. The molecule has 146 valence electrons. The Labute approximate surface area is 162 Å². The molecule has 2 heterocycles. The van der Waals surface area contributed by atoms with E-state index in [0.717, 1.165) is 43.4 Å². The second kappa shape index (κ2) is 8.02. The molecule has 1 aliphatic rings. The minimum Gasteiger partial charge on any atom is -0.491 e. The number of benzene rings is 2. The number of rotatable bonds is 6. The van der Waals surface area contributed by atoms with E-state index < -0.39 is 5.97 Å². The number of hydrogen-bond acceptors (Lipinski definition) is 3. The van der Waals surface area contributed by atoms with E-state index in [2.05, 4.69) is 9.88 Å². The fourth-order valence-corrected chi connectivity index (χ4v) is 3.98. The van der Waals surface area contributed by atoms with Crippen molar-refractivity contribution in [1.29, 1.82) is 0 Å². The molecular formula is C22H23FN2O3. The van der Waals surface area contributed by atoms with Crippen molar-refractivity contribution in [2.45, 2.75) is 18.8 Å². The molecule has 4 rings (SSSR count). The van der Waals surface area contributed by atoms with Gasteiger partial charge in [0.1, 0.15) is 23.7 Å². The van der Waals surface area contributed by atoms with E-state index in [1.54, 1.807) is 30.3 Å². The van der Waals surface area contributed by atoms with Crippen LogP contribution >= 0.6 is 0 Å². The molecule has 1 saturated heterocycles. The van der Waals surface area contributed by atoms with Crippen LogP contribution in [0.25, 0.3) is 10.9 Å². The van der Waals surface area contributed by atoms with Gasteiger partial charge >= 0.3 is 5.97 Å². The van der Waals surface area contributed by atoms with Crippen molar-refractivity contribution < 1.29 is 19.0 Å². The number of fused-ring (bicyclic) bond motifs is 1. The zero-order valence-electron chi connectivity index (χ0n) is 15.5. The summed E-state index contributed by atoms with van der Waals surface area (Å²) in [4.78, 5) is 16.8. The maximum Gasteiger partial charge on any atom is 0.339 e. The minimum absolute atomic E-state index is 0.192. The van der Waals surface area contributed by atoms with Crippen LogP contribution in [0.2, 0.25) is 0 Å². The topological polar surface area (TPSA) is 65.6 Å².